The second kappa shape index (κ2) is 5.55. The Morgan fingerprint density at radius 1 is 1.86 bits per heavy atom. The minimum absolute atomic E-state index is 0. The fourth-order valence-electron chi connectivity index (χ4n) is 0. The van der Waals surface area contributed by atoms with Crippen LogP contribution in [0.25, 0.3) is 0 Å². The molecule has 0 aromatic heterocycles. The summed E-state index contributed by atoms with van der Waals surface area (Å²) in [6.45, 7) is 0.989. The van der Waals surface area contributed by atoms with Gasteiger partial charge in [-0.1, -0.05) is 0 Å². The molecule has 0 heterocycles. The summed E-state index contributed by atoms with van der Waals surface area (Å²) in [7, 11) is 0. The van der Waals surface area contributed by atoms with E-state index in [0.29, 0.717) is 0 Å². The number of rotatable bonds is 0. The topological polar surface area (TPSA) is 57.2 Å². The number of hydrogen-bond acceptors (Lipinski definition) is 3. The molecule has 0 fully saturated rings. The Labute approximate surface area is 88.1 Å². The van der Waals surface area contributed by atoms with Crippen LogP contribution in [0.2, 0.25) is 0 Å². The molecule has 3 nitrogen and oxygen atoms in total. The fraction of sp³-hybridized carbons (Fsp3) is 0.500. The minimum atomic E-state index is -2.51. The molecule has 7 heavy (non-hydrogen) atoms. The third-order valence-electron chi connectivity index (χ3n) is 0.235. The Balaban J connectivity index is -0.000000125. The quantitative estimate of drug-likeness (QED) is 0.264. The van der Waals surface area contributed by atoms with Crippen molar-refractivity contribution in [2.45, 2.75) is 6.92 Å². The standard InChI is InChI=1S/C2H4O3S.K.H/c1-2(3)6(4)5;;/h1H3,(H,4,5);;/q;+1;-1/p-1. The van der Waals surface area contributed by atoms with Crippen LogP contribution in [-0.2, 0) is 15.9 Å². The maximum atomic E-state index is 9.53. The Hall–Kier alpha value is 1.42. The molecule has 0 bridgehead atoms. The summed E-state index contributed by atoms with van der Waals surface area (Å²) in [6.07, 6.45) is 0. The molecule has 1 unspecified atom stereocenters. The summed E-state index contributed by atoms with van der Waals surface area (Å²) in [4.78, 5) is 9.53. The first-order valence-corrected chi connectivity index (χ1v) is 2.32. The van der Waals surface area contributed by atoms with Gasteiger partial charge in [0.2, 0.25) is 5.12 Å². The van der Waals surface area contributed by atoms with Crippen LogP contribution < -0.4 is 51.4 Å². The average molecular weight is 147 g/mol. The summed E-state index contributed by atoms with van der Waals surface area (Å²) in [5.74, 6) is 0. The van der Waals surface area contributed by atoms with Gasteiger partial charge in [-0.15, -0.1) is 0 Å². The van der Waals surface area contributed by atoms with E-state index in [-0.39, 0.29) is 52.8 Å². The van der Waals surface area contributed by atoms with Gasteiger partial charge in [0.05, 0.1) is 0 Å². The Bertz CT molecular complexity index is 83.3. The molecule has 5 heteroatoms. The summed E-state index contributed by atoms with van der Waals surface area (Å²) >= 11 is -2.51. The maximum absolute atomic E-state index is 9.53. The van der Waals surface area contributed by atoms with Crippen LogP contribution in [0.4, 0.5) is 0 Å². The van der Waals surface area contributed by atoms with Crippen molar-refractivity contribution in [3.63, 3.8) is 0 Å². The average Bonchev–Trinajstić information content (AvgIpc) is 1.36. The van der Waals surface area contributed by atoms with Crippen LogP contribution in [0, 0.1) is 0 Å². The van der Waals surface area contributed by atoms with E-state index in [0.717, 1.165) is 6.92 Å². The van der Waals surface area contributed by atoms with E-state index < -0.39 is 16.2 Å². The molecule has 38 valence electrons. The molecule has 0 aliphatic heterocycles. The first-order chi connectivity index (χ1) is 2.64. The van der Waals surface area contributed by atoms with Crippen LogP contribution in [0.1, 0.15) is 8.35 Å². The van der Waals surface area contributed by atoms with Gasteiger partial charge in [-0.3, -0.25) is 9.00 Å². The summed E-state index contributed by atoms with van der Waals surface area (Å²) < 4.78 is 18.7. The third kappa shape index (κ3) is 7.42. The molecular weight excluding hydrogens is 143 g/mol. The molecule has 0 aliphatic rings. The van der Waals surface area contributed by atoms with Gasteiger partial charge in [0, 0.05) is 18.0 Å². The predicted molar refractivity (Wildman–Crippen MR) is 20.7 cm³/mol. The van der Waals surface area contributed by atoms with Crippen molar-refractivity contribution in [1.82, 2.24) is 0 Å². The van der Waals surface area contributed by atoms with Gasteiger partial charge in [0.1, 0.15) is 0 Å². The molecule has 0 N–H and O–H groups in total. The Morgan fingerprint density at radius 3 is 2.00 bits per heavy atom. The van der Waals surface area contributed by atoms with Crippen LogP contribution in [0.15, 0.2) is 0 Å². The zero-order chi connectivity index (χ0) is 5.15. The van der Waals surface area contributed by atoms with Crippen molar-refractivity contribution in [3.8, 4) is 0 Å². The molecule has 0 aromatic carbocycles. The molecule has 0 saturated carbocycles. The molecule has 0 radical (unpaired) electrons. The van der Waals surface area contributed by atoms with E-state index in [1.54, 1.807) is 0 Å². The van der Waals surface area contributed by atoms with Gasteiger partial charge in [0.25, 0.3) is 0 Å². The number of carbonyl (C=O) groups excluding carboxylic acids is 1. The van der Waals surface area contributed by atoms with Gasteiger partial charge in [-0.25, -0.2) is 0 Å². The molecule has 0 aliphatic carbocycles. The van der Waals surface area contributed by atoms with E-state index in [1.165, 1.54) is 0 Å². The van der Waals surface area contributed by atoms with Crippen LogP contribution >= 0.6 is 0 Å². The second-order valence-electron chi connectivity index (χ2n) is 0.726. The van der Waals surface area contributed by atoms with Crippen LogP contribution in [-0.4, -0.2) is 13.9 Å². The van der Waals surface area contributed by atoms with Crippen molar-refractivity contribution in [3.05, 3.63) is 0 Å². The predicted octanol–water partition coefficient (Wildman–Crippen LogP) is -3.47. The van der Waals surface area contributed by atoms with Gasteiger partial charge in [0.15, 0.2) is 0 Å². The SMILES string of the molecule is CC(=O)S(=O)[O-].[H-].[K+]. The van der Waals surface area contributed by atoms with Gasteiger partial charge in [-0.2, -0.15) is 0 Å². The first kappa shape index (κ1) is 11.2. The molecule has 1 atom stereocenters. The fourth-order valence-corrected chi connectivity index (χ4v) is 0. The van der Waals surface area contributed by atoms with E-state index in [4.69, 9.17) is 0 Å². The van der Waals surface area contributed by atoms with E-state index in [2.05, 4.69) is 0 Å². The van der Waals surface area contributed by atoms with Crippen molar-refractivity contribution in [1.29, 1.82) is 0 Å². The largest absolute Gasteiger partial charge is 1.00 e. The number of carbonyl (C=O) groups is 1. The van der Waals surface area contributed by atoms with Gasteiger partial charge < -0.3 is 5.98 Å². The van der Waals surface area contributed by atoms with Crippen LogP contribution in [0.5, 0.6) is 0 Å². The first-order valence-electron chi connectivity index (χ1n) is 1.24. The molecule has 0 rings (SSSR count). The molecule has 0 saturated heterocycles. The summed E-state index contributed by atoms with van der Waals surface area (Å²) in [5, 5.41) is -0.824. The van der Waals surface area contributed by atoms with Crippen molar-refractivity contribution in [2.75, 3.05) is 0 Å². The molecule has 0 spiro atoms. The van der Waals surface area contributed by atoms with Crippen molar-refractivity contribution >= 4 is 16.2 Å². The molecule has 0 aromatic rings. The van der Waals surface area contributed by atoms with Gasteiger partial charge >= 0.3 is 51.4 Å². The van der Waals surface area contributed by atoms with E-state index in [1.807, 2.05) is 0 Å². The monoisotopic (exact) mass is 147 g/mol. The number of hydrogen-bond donors (Lipinski definition) is 0. The van der Waals surface area contributed by atoms with Crippen molar-refractivity contribution < 1.29 is 66.4 Å². The maximum Gasteiger partial charge on any atom is 1.00 e. The minimum Gasteiger partial charge on any atom is -1.00 e. The van der Waals surface area contributed by atoms with E-state index in [9.17, 15) is 13.6 Å². The molecule has 0 amide bonds. The Kier molecular flexibility index (Phi) is 8.92. The normalized spacial score (nSPS) is 11.7. The zero-order valence-electron chi connectivity index (χ0n) is 5.13. The van der Waals surface area contributed by atoms with Gasteiger partial charge in [-0.05, 0) is 0 Å². The third-order valence-corrected chi connectivity index (χ3v) is 0.704. The Morgan fingerprint density at radius 2 is 2.00 bits per heavy atom. The van der Waals surface area contributed by atoms with Crippen molar-refractivity contribution in [2.24, 2.45) is 0 Å². The smallest absolute Gasteiger partial charge is 1.00 e. The summed E-state index contributed by atoms with van der Waals surface area (Å²) in [5.41, 5.74) is 0. The zero-order valence-corrected chi connectivity index (χ0v) is 8.07. The second-order valence-corrected chi connectivity index (χ2v) is 1.77. The van der Waals surface area contributed by atoms with Crippen LogP contribution in [0.3, 0.4) is 0 Å². The van der Waals surface area contributed by atoms with E-state index >= 15 is 0 Å². The summed E-state index contributed by atoms with van der Waals surface area (Å²) in [6, 6.07) is 0. The molecular formula is C2H4KO3S-.